The Morgan fingerprint density at radius 2 is 1.90 bits per heavy atom. The zero-order valence-corrected chi connectivity index (χ0v) is 18.4. The second-order valence-electron chi connectivity index (χ2n) is 7.28. The highest BCUT2D eigenvalue weighted by Gasteiger charge is 2.36. The number of Topliss-reactive ketones (excluding diaryl/α,β-unsaturated/α-hetero) is 1. The smallest absolute Gasteiger partial charge is 0.226 e. The minimum Gasteiger partial charge on any atom is -0.494 e. The minimum atomic E-state index is -0.569. The summed E-state index contributed by atoms with van der Waals surface area (Å²) in [4.78, 5) is 25.8. The van der Waals surface area contributed by atoms with Crippen molar-refractivity contribution in [1.29, 1.82) is 0 Å². The lowest BCUT2D eigenvalue weighted by Gasteiger charge is -2.23. The molecule has 4 rings (SSSR count). The van der Waals surface area contributed by atoms with Crippen molar-refractivity contribution in [2.24, 2.45) is 0 Å². The molecule has 1 aliphatic rings. The summed E-state index contributed by atoms with van der Waals surface area (Å²) in [5.74, 6) is 0.441. The van der Waals surface area contributed by atoms with Crippen molar-refractivity contribution in [1.82, 2.24) is 9.78 Å². The molecule has 0 aliphatic carbocycles. The molecule has 1 aliphatic heterocycles. The van der Waals surface area contributed by atoms with Crippen LogP contribution < -0.4 is 10.1 Å². The lowest BCUT2D eigenvalue weighted by molar-refractivity contribution is -0.116. The number of ether oxygens (including phenoxy) is 1. The van der Waals surface area contributed by atoms with Gasteiger partial charge in [0.1, 0.15) is 11.6 Å². The number of fused-ring (bicyclic) bond motifs is 1. The molecule has 3 aromatic rings. The number of halogens is 1. The zero-order chi connectivity index (χ0) is 21.3. The summed E-state index contributed by atoms with van der Waals surface area (Å²) < 4.78 is 8.24. The Bertz CT molecular complexity index is 1090. The van der Waals surface area contributed by atoms with Crippen LogP contribution in [0.15, 0.2) is 53.0 Å². The lowest BCUT2D eigenvalue weighted by atomic mass is 9.85. The Morgan fingerprint density at radius 1 is 1.20 bits per heavy atom. The lowest BCUT2D eigenvalue weighted by Crippen LogP contribution is -2.28. The molecule has 0 spiro atoms. The Labute approximate surface area is 183 Å². The maximum Gasteiger partial charge on any atom is 0.226 e. The van der Waals surface area contributed by atoms with Crippen molar-refractivity contribution in [3.8, 4) is 11.4 Å². The van der Waals surface area contributed by atoms with Crippen LogP contribution >= 0.6 is 15.9 Å². The van der Waals surface area contributed by atoms with Gasteiger partial charge in [0.2, 0.25) is 5.91 Å². The Kier molecular flexibility index (Phi) is 5.72. The van der Waals surface area contributed by atoms with E-state index in [0.717, 1.165) is 33.6 Å². The standard InChI is InChI=1S/C23H22BrN3O3/c1-3-12-30-18-10-4-15(5-11-18)22(29)19-13-20(28)25-23-21(19)14(2)26-27(23)17-8-6-16(24)7-9-17/h4-11,19H,3,12-13H2,1-2H3,(H,25,28). The van der Waals surface area contributed by atoms with Gasteiger partial charge >= 0.3 is 0 Å². The topological polar surface area (TPSA) is 73.2 Å². The van der Waals surface area contributed by atoms with Gasteiger partial charge in [-0.15, -0.1) is 0 Å². The molecule has 0 saturated carbocycles. The highest BCUT2D eigenvalue weighted by Crippen LogP contribution is 2.38. The minimum absolute atomic E-state index is 0.0911. The molecule has 1 atom stereocenters. The van der Waals surface area contributed by atoms with Gasteiger partial charge in [-0.25, -0.2) is 4.68 Å². The Hall–Kier alpha value is -2.93. The number of amides is 1. The fourth-order valence-corrected chi connectivity index (χ4v) is 3.94. The van der Waals surface area contributed by atoms with Crippen LogP contribution in [-0.2, 0) is 4.79 Å². The van der Waals surface area contributed by atoms with E-state index in [1.807, 2.05) is 38.1 Å². The summed E-state index contributed by atoms with van der Waals surface area (Å²) >= 11 is 3.43. The molecule has 0 radical (unpaired) electrons. The molecule has 30 heavy (non-hydrogen) atoms. The number of hydrogen-bond acceptors (Lipinski definition) is 4. The normalized spacial score (nSPS) is 15.4. The molecule has 0 bridgehead atoms. The first-order valence-corrected chi connectivity index (χ1v) is 10.7. The molecule has 7 heteroatoms. The third kappa shape index (κ3) is 3.89. The second kappa shape index (κ2) is 8.44. The second-order valence-corrected chi connectivity index (χ2v) is 8.19. The van der Waals surface area contributed by atoms with Gasteiger partial charge in [0, 0.05) is 22.0 Å². The third-order valence-corrected chi connectivity index (χ3v) is 5.63. The van der Waals surface area contributed by atoms with Crippen molar-refractivity contribution in [3.05, 3.63) is 69.8 Å². The fourth-order valence-electron chi connectivity index (χ4n) is 3.68. The van der Waals surface area contributed by atoms with Crippen LogP contribution in [0.3, 0.4) is 0 Å². The molecule has 2 heterocycles. The van der Waals surface area contributed by atoms with Crippen LogP contribution in [0, 0.1) is 6.92 Å². The van der Waals surface area contributed by atoms with Crippen molar-refractivity contribution in [2.45, 2.75) is 32.6 Å². The SMILES string of the molecule is CCCOc1ccc(C(=O)C2CC(=O)Nc3c2c(C)nn3-c2ccc(Br)cc2)cc1. The summed E-state index contributed by atoms with van der Waals surface area (Å²) in [7, 11) is 0. The van der Waals surface area contributed by atoms with Crippen LogP contribution in [0.25, 0.3) is 5.69 Å². The van der Waals surface area contributed by atoms with E-state index in [1.54, 1.807) is 28.9 Å². The van der Waals surface area contributed by atoms with Gasteiger partial charge in [-0.05, 0) is 61.9 Å². The van der Waals surface area contributed by atoms with E-state index >= 15 is 0 Å². The van der Waals surface area contributed by atoms with Crippen molar-refractivity contribution >= 4 is 33.4 Å². The first-order valence-electron chi connectivity index (χ1n) is 9.90. The summed E-state index contributed by atoms with van der Waals surface area (Å²) in [6, 6.07) is 14.7. The van der Waals surface area contributed by atoms with Gasteiger partial charge in [0.15, 0.2) is 5.78 Å². The molecule has 1 unspecified atom stereocenters. The van der Waals surface area contributed by atoms with E-state index in [-0.39, 0.29) is 18.1 Å². The van der Waals surface area contributed by atoms with Gasteiger partial charge in [0.05, 0.1) is 23.9 Å². The van der Waals surface area contributed by atoms with E-state index < -0.39 is 5.92 Å². The molecular weight excluding hydrogens is 446 g/mol. The monoisotopic (exact) mass is 467 g/mol. The summed E-state index contributed by atoms with van der Waals surface area (Å²) in [6.45, 7) is 4.54. The Balaban J connectivity index is 1.69. The quantitative estimate of drug-likeness (QED) is 0.515. The zero-order valence-electron chi connectivity index (χ0n) is 16.8. The molecule has 1 N–H and O–H groups in total. The average Bonchev–Trinajstić information content (AvgIpc) is 3.08. The van der Waals surface area contributed by atoms with E-state index in [2.05, 4.69) is 26.3 Å². The van der Waals surface area contributed by atoms with E-state index in [0.29, 0.717) is 18.0 Å². The predicted octanol–water partition coefficient (Wildman–Crippen LogP) is 5.04. The van der Waals surface area contributed by atoms with Gasteiger partial charge < -0.3 is 10.1 Å². The molecule has 0 fully saturated rings. The highest BCUT2D eigenvalue weighted by molar-refractivity contribution is 9.10. The summed E-state index contributed by atoms with van der Waals surface area (Å²) in [6.07, 6.45) is 1.02. The van der Waals surface area contributed by atoms with Gasteiger partial charge in [-0.2, -0.15) is 5.10 Å². The number of aromatic nitrogens is 2. The van der Waals surface area contributed by atoms with E-state index in [9.17, 15) is 9.59 Å². The molecule has 6 nitrogen and oxygen atoms in total. The van der Waals surface area contributed by atoms with Crippen molar-refractivity contribution in [3.63, 3.8) is 0 Å². The third-order valence-electron chi connectivity index (χ3n) is 5.10. The van der Waals surface area contributed by atoms with Crippen LogP contribution in [0.4, 0.5) is 5.82 Å². The number of carbonyl (C=O) groups excluding carboxylic acids is 2. The molecule has 0 saturated heterocycles. The first-order chi connectivity index (χ1) is 14.5. The molecule has 2 aromatic carbocycles. The maximum atomic E-state index is 13.3. The van der Waals surface area contributed by atoms with Crippen LogP contribution in [-0.4, -0.2) is 28.1 Å². The highest BCUT2D eigenvalue weighted by atomic mass is 79.9. The number of hydrogen-bond donors (Lipinski definition) is 1. The number of aryl methyl sites for hydroxylation is 1. The maximum absolute atomic E-state index is 13.3. The number of nitrogens with zero attached hydrogens (tertiary/aromatic N) is 2. The number of ketones is 1. The van der Waals surface area contributed by atoms with Crippen LogP contribution in [0.1, 0.15) is 47.3 Å². The van der Waals surface area contributed by atoms with Crippen LogP contribution in [0.2, 0.25) is 0 Å². The number of anilines is 1. The van der Waals surface area contributed by atoms with Gasteiger partial charge in [-0.1, -0.05) is 22.9 Å². The predicted molar refractivity (Wildman–Crippen MR) is 119 cm³/mol. The number of rotatable bonds is 6. The van der Waals surface area contributed by atoms with E-state index in [1.165, 1.54) is 0 Å². The largest absolute Gasteiger partial charge is 0.494 e. The Morgan fingerprint density at radius 3 is 2.57 bits per heavy atom. The molecule has 1 aromatic heterocycles. The summed E-state index contributed by atoms with van der Waals surface area (Å²) in [5.41, 5.74) is 2.87. The number of carbonyl (C=O) groups is 2. The summed E-state index contributed by atoms with van der Waals surface area (Å²) in [5, 5.41) is 7.52. The van der Waals surface area contributed by atoms with Gasteiger partial charge in [-0.3, -0.25) is 9.59 Å². The fraction of sp³-hybridized carbons (Fsp3) is 0.261. The van der Waals surface area contributed by atoms with Gasteiger partial charge in [0.25, 0.3) is 0 Å². The van der Waals surface area contributed by atoms with E-state index in [4.69, 9.17) is 4.74 Å². The number of nitrogens with one attached hydrogen (secondary N) is 1. The average molecular weight is 468 g/mol. The molecular formula is C23H22BrN3O3. The molecule has 154 valence electrons. The first kappa shape index (κ1) is 20.3. The van der Waals surface area contributed by atoms with Crippen LogP contribution in [0.5, 0.6) is 5.75 Å². The molecule has 1 amide bonds. The van der Waals surface area contributed by atoms with Crippen molar-refractivity contribution in [2.75, 3.05) is 11.9 Å². The number of benzene rings is 2. The van der Waals surface area contributed by atoms with Crippen molar-refractivity contribution < 1.29 is 14.3 Å².